The zero-order valence-electron chi connectivity index (χ0n) is 11.4. The van der Waals surface area contributed by atoms with E-state index in [-0.39, 0.29) is 5.41 Å². The van der Waals surface area contributed by atoms with E-state index in [4.69, 9.17) is 9.72 Å². The Morgan fingerprint density at radius 2 is 1.94 bits per heavy atom. The summed E-state index contributed by atoms with van der Waals surface area (Å²) in [4.78, 5) is 4.72. The fourth-order valence-corrected chi connectivity index (χ4v) is 2.79. The minimum absolute atomic E-state index is 0.121. The predicted octanol–water partition coefficient (Wildman–Crippen LogP) is 4.04. The third-order valence-electron chi connectivity index (χ3n) is 2.85. The summed E-state index contributed by atoms with van der Waals surface area (Å²) in [5.74, 6) is 0.935. The Labute approximate surface area is 113 Å². The Hall–Kier alpha value is -1.35. The van der Waals surface area contributed by atoms with Gasteiger partial charge >= 0.3 is 0 Å². The molecule has 2 aromatic rings. The maximum absolute atomic E-state index is 5.37. The van der Waals surface area contributed by atoms with Crippen LogP contribution in [-0.2, 0) is 11.8 Å². The van der Waals surface area contributed by atoms with Gasteiger partial charge in [0.05, 0.1) is 17.8 Å². The number of thiazole rings is 1. The zero-order chi connectivity index (χ0) is 13.2. The Kier molecular flexibility index (Phi) is 3.71. The van der Waals surface area contributed by atoms with Gasteiger partial charge in [0.1, 0.15) is 5.75 Å². The van der Waals surface area contributed by atoms with Crippen molar-refractivity contribution in [2.45, 2.75) is 32.6 Å². The number of para-hydroxylation sites is 1. The van der Waals surface area contributed by atoms with Gasteiger partial charge in [-0.1, -0.05) is 39.0 Å². The van der Waals surface area contributed by atoms with Crippen molar-refractivity contribution in [3.63, 3.8) is 0 Å². The summed E-state index contributed by atoms with van der Waals surface area (Å²) in [6.45, 7) is 6.57. The summed E-state index contributed by atoms with van der Waals surface area (Å²) in [6.07, 6.45) is 0.838. The number of benzene rings is 1. The van der Waals surface area contributed by atoms with E-state index < -0.39 is 0 Å². The second kappa shape index (κ2) is 5.11. The highest BCUT2D eigenvalue weighted by Crippen LogP contribution is 2.27. The van der Waals surface area contributed by atoms with Gasteiger partial charge in [-0.15, -0.1) is 11.3 Å². The molecule has 2 nitrogen and oxygen atoms in total. The van der Waals surface area contributed by atoms with E-state index in [0.717, 1.165) is 22.9 Å². The molecule has 0 radical (unpaired) electrons. The molecule has 1 aromatic heterocycles. The number of rotatable bonds is 3. The summed E-state index contributed by atoms with van der Waals surface area (Å²) in [5.41, 5.74) is 2.47. The summed E-state index contributed by atoms with van der Waals surface area (Å²) in [7, 11) is 1.71. The van der Waals surface area contributed by atoms with Crippen molar-refractivity contribution in [1.82, 2.24) is 4.98 Å². The van der Waals surface area contributed by atoms with Crippen molar-refractivity contribution in [3.8, 4) is 5.75 Å². The third kappa shape index (κ3) is 2.91. The number of nitrogens with zero attached hydrogens (tertiary/aromatic N) is 1. The molecule has 18 heavy (non-hydrogen) atoms. The molecule has 0 fully saturated rings. The maximum atomic E-state index is 5.37. The monoisotopic (exact) mass is 261 g/mol. The van der Waals surface area contributed by atoms with Crippen LogP contribution in [0, 0.1) is 0 Å². The lowest BCUT2D eigenvalue weighted by atomic mass is 9.93. The van der Waals surface area contributed by atoms with Crippen molar-refractivity contribution in [1.29, 1.82) is 0 Å². The van der Waals surface area contributed by atoms with Gasteiger partial charge in [0.25, 0.3) is 0 Å². The molecule has 1 heterocycles. The van der Waals surface area contributed by atoms with E-state index in [2.05, 4.69) is 32.2 Å². The Balaban J connectivity index is 2.22. The van der Waals surface area contributed by atoms with E-state index in [9.17, 15) is 0 Å². The average molecular weight is 261 g/mol. The number of hydrogen-bond acceptors (Lipinski definition) is 3. The highest BCUT2D eigenvalue weighted by Gasteiger charge is 2.17. The topological polar surface area (TPSA) is 22.1 Å². The molecule has 0 unspecified atom stereocenters. The second-order valence-electron chi connectivity index (χ2n) is 5.37. The van der Waals surface area contributed by atoms with Crippen LogP contribution in [0.5, 0.6) is 5.75 Å². The van der Waals surface area contributed by atoms with Gasteiger partial charge in [-0.3, -0.25) is 0 Å². The first kappa shape index (κ1) is 13.1. The van der Waals surface area contributed by atoms with Gasteiger partial charge in [-0.05, 0) is 6.07 Å². The molecule has 0 N–H and O–H groups in total. The molecular formula is C15H19NOS. The molecule has 0 saturated heterocycles. The summed E-state index contributed by atoms with van der Waals surface area (Å²) >= 11 is 1.72. The first-order valence-corrected chi connectivity index (χ1v) is 6.95. The minimum Gasteiger partial charge on any atom is -0.496 e. The highest BCUT2D eigenvalue weighted by molar-refractivity contribution is 7.09. The van der Waals surface area contributed by atoms with Gasteiger partial charge in [0, 0.05) is 22.8 Å². The Bertz CT molecular complexity index is 525. The molecule has 0 saturated carbocycles. The molecule has 0 spiro atoms. The largest absolute Gasteiger partial charge is 0.496 e. The molecule has 2 rings (SSSR count). The summed E-state index contributed by atoms with van der Waals surface area (Å²) in [5, 5.41) is 3.30. The van der Waals surface area contributed by atoms with Crippen molar-refractivity contribution in [2.24, 2.45) is 0 Å². The lowest BCUT2D eigenvalue weighted by molar-refractivity contribution is 0.410. The number of aromatic nitrogens is 1. The Morgan fingerprint density at radius 1 is 1.22 bits per heavy atom. The van der Waals surface area contributed by atoms with Crippen LogP contribution in [0.1, 0.15) is 37.0 Å². The minimum atomic E-state index is 0.121. The van der Waals surface area contributed by atoms with Gasteiger partial charge in [-0.2, -0.15) is 0 Å². The Morgan fingerprint density at radius 3 is 2.56 bits per heavy atom. The van der Waals surface area contributed by atoms with Gasteiger partial charge in [0.2, 0.25) is 0 Å². The van der Waals surface area contributed by atoms with Crippen LogP contribution in [0.3, 0.4) is 0 Å². The van der Waals surface area contributed by atoms with E-state index in [1.807, 2.05) is 18.2 Å². The van der Waals surface area contributed by atoms with Crippen molar-refractivity contribution in [2.75, 3.05) is 7.11 Å². The third-order valence-corrected chi connectivity index (χ3v) is 3.70. The van der Waals surface area contributed by atoms with Gasteiger partial charge < -0.3 is 4.74 Å². The maximum Gasteiger partial charge on any atom is 0.122 e. The van der Waals surface area contributed by atoms with Crippen molar-refractivity contribution < 1.29 is 4.74 Å². The molecule has 0 atom stereocenters. The number of hydrogen-bond donors (Lipinski definition) is 0. The second-order valence-corrected chi connectivity index (χ2v) is 6.31. The molecule has 0 amide bonds. The predicted molar refractivity (Wildman–Crippen MR) is 76.6 cm³/mol. The van der Waals surface area contributed by atoms with Crippen LogP contribution < -0.4 is 4.74 Å². The first-order valence-electron chi connectivity index (χ1n) is 6.07. The molecule has 1 aromatic carbocycles. The average Bonchev–Trinajstić information content (AvgIpc) is 2.78. The number of methoxy groups -OCH3 is 1. The lowest BCUT2D eigenvalue weighted by Gasteiger charge is -2.14. The quantitative estimate of drug-likeness (QED) is 0.832. The van der Waals surface area contributed by atoms with Crippen LogP contribution in [0.4, 0.5) is 0 Å². The normalized spacial score (nSPS) is 11.6. The van der Waals surface area contributed by atoms with Crippen LogP contribution in [0.15, 0.2) is 29.6 Å². The van der Waals surface area contributed by atoms with Crippen LogP contribution in [-0.4, -0.2) is 12.1 Å². The zero-order valence-corrected chi connectivity index (χ0v) is 12.2. The fraction of sp³-hybridized carbons (Fsp3) is 0.400. The molecule has 96 valence electrons. The standard InChI is InChI=1S/C15H19NOS/c1-15(2,3)13-10-18-14(16-13)9-11-7-5-6-8-12(11)17-4/h5-8,10H,9H2,1-4H3. The fourth-order valence-electron chi connectivity index (χ4n) is 1.75. The highest BCUT2D eigenvalue weighted by atomic mass is 32.1. The van der Waals surface area contributed by atoms with Gasteiger partial charge in [0.15, 0.2) is 0 Å². The van der Waals surface area contributed by atoms with E-state index in [0.29, 0.717) is 0 Å². The molecule has 3 heteroatoms. The van der Waals surface area contributed by atoms with Crippen LogP contribution in [0.2, 0.25) is 0 Å². The van der Waals surface area contributed by atoms with E-state index in [1.165, 1.54) is 5.56 Å². The molecule has 0 aliphatic heterocycles. The summed E-state index contributed by atoms with van der Waals surface area (Å²) < 4.78 is 5.37. The molecule has 0 aliphatic rings. The van der Waals surface area contributed by atoms with E-state index in [1.54, 1.807) is 18.4 Å². The van der Waals surface area contributed by atoms with Crippen LogP contribution in [0.25, 0.3) is 0 Å². The summed E-state index contributed by atoms with van der Waals surface area (Å²) in [6, 6.07) is 8.12. The molecule has 0 aliphatic carbocycles. The lowest BCUT2D eigenvalue weighted by Crippen LogP contribution is -2.11. The SMILES string of the molecule is COc1ccccc1Cc1nc(C(C)(C)C)cs1. The smallest absolute Gasteiger partial charge is 0.122 e. The molecular weight excluding hydrogens is 242 g/mol. The first-order chi connectivity index (χ1) is 8.50. The van der Waals surface area contributed by atoms with Crippen molar-refractivity contribution in [3.05, 3.63) is 45.9 Å². The number of ether oxygens (including phenoxy) is 1. The van der Waals surface area contributed by atoms with Crippen LogP contribution >= 0.6 is 11.3 Å². The van der Waals surface area contributed by atoms with E-state index >= 15 is 0 Å². The van der Waals surface area contributed by atoms with Crippen molar-refractivity contribution >= 4 is 11.3 Å². The molecule has 0 bridgehead atoms. The van der Waals surface area contributed by atoms with Gasteiger partial charge in [-0.25, -0.2) is 4.98 Å².